The van der Waals surface area contributed by atoms with Crippen LogP contribution in [-0.2, 0) is 17.8 Å². The number of nitrogens with one attached hydrogen (secondary N) is 1. The minimum absolute atomic E-state index is 0.00221. The first-order chi connectivity index (χ1) is 9.70. The zero-order valence-corrected chi connectivity index (χ0v) is 11.5. The Bertz CT molecular complexity index is 568. The molecule has 3 aliphatic rings. The predicted octanol–water partition coefficient (Wildman–Crippen LogP) is 1.85. The van der Waals surface area contributed by atoms with E-state index in [-0.39, 0.29) is 23.2 Å². The van der Waals surface area contributed by atoms with Gasteiger partial charge in [0.05, 0.1) is 6.04 Å². The molecule has 1 unspecified atom stereocenters. The number of benzene rings is 1. The standard InChI is InChI=1S/C16H19FN2O/c17-13-3-1-2-11-10-19(9-4-12(11)13)15(20)14-16(5-6-16)7-8-18-14/h1-3,14,18H,4-10H2. The normalized spacial score (nSPS) is 26.6. The van der Waals surface area contributed by atoms with Crippen LogP contribution in [0.3, 0.4) is 0 Å². The van der Waals surface area contributed by atoms with Crippen molar-refractivity contribution < 1.29 is 9.18 Å². The molecule has 3 nitrogen and oxygen atoms in total. The van der Waals surface area contributed by atoms with Crippen LogP contribution in [-0.4, -0.2) is 29.9 Å². The van der Waals surface area contributed by atoms with Gasteiger partial charge in [0.15, 0.2) is 0 Å². The summed E-state index contributed by atoms with van der Waals surface area (Å²) < 4.78 is 13.7. The van der Waals surface area contributed by atoms with E-state index in [9.17, 15) is 9.18 Å². The predicted molar refractivity (Wildman–Crippen MR) is 73.6 cm³/mol. The van der Waals surface area contributed by atoms with Crippen molar-refractivity contribution in [2.45, 2.75) is 38.3 Å². The fraction of sp³-hybridized carbons (Fsp3) is 0.562. The number of rotatable bonds is 1. The molecule has 106 valence electrons. The smallest absolute Gasteiger partial charge is 0.240 e. The minimum Gasteiger partial charge on any atom is -0.337 e. The first-order valence-corrected chi connectivity index (χ1v) is 7.48. The summed E-state index contributed by atoms with van der Waals surface area (Å²) in [5.41, 5.74) is 2.00. The maximum absolute atomic E-state index is 13.7. The molecule has 1 aromatic rings. The third kappa shape index (κ3) is 1.78. The van der Waals surface area contributed by atoms with E-state index in [0.717, 1.165) is 24.1 Å². The lowest BCUT2D eigenvalue weighted by molar-refractivity contribution is -0.135. The second-order valence-corrected chi connectivity index (χ2v) is 6.39. The van der Waals surface area contributed by atoms with Gasteiger partial charge < -0.3 is 10.2 Å². The Balaban J connectivity index is 1.55. The lowest BCUT2D eigenvalue weighted by Crippen LogP contribution is -2.48. The first kappa shape index (κ1) is 12.3. The molecule has 0 bridgehead atoms. The maximum atomic E-state index is 13.7. The molecule has 4 rings (SSSR count). The van der Waals surface area contributed by atoms with E-state index in [1.54, 1.807) is 6.07 Å². The van der Waals surface area contributed by atoms with Gasteiger partial charge in [0.25, 0.3) is 0 Å². The number of amides is 1. The summed E-state index contributed by atoms with van der Waals surface area (Å²) in [5, 5.41) is 3.38. The summed E-state index contributed by atoms with van der Waals surface area (Å²) in [5.74, 6) is 0.0853. The van der Waals surface area contributed by atoms with E-state index in [2.05, 4.69) is 5.32 Å². The van der Waals surface area contributed by atoms with Crippen molar-refractivity contribution in [1.82, 2.24) is 10.2 Å². The topological polar surface area (TPSA) is 32.3 Å². The molecule has 0 aromatic heterocycles. The van der Waals surface area contributed by atoms with Crippen molar-refractivity contribution in [2.24, 2.45) is 5.41 Å². The molecular weight excluding hydrogens is 255 g/mol. The fourth-order valence-corrected chi connectivity index (χ4v) is 3.81. The summed E-state index contributed by atoms with van der Waals surface area (Å²) >= 11 is 0. The molecule has 0 radical (unpaired) electrons. The second-order valence-electron chi connectivity index (χ2n) is 6.39. The van der Waals surface area contributed by atoms with Crippen LogP contribution in [0.1, 0.15) is 30.4 Å². The number of nitrogens with zero attached hydrogens (tertiary/aromatic N) is 1. The Kier molecular flexibility index (Phi) is 2.64. The number of fused-ring (bicyclic) bond motifs is 1. The van der Waals surface area contributed by atoms with Gasteiger partial charge in [-0.05, 0) is 54.8 Å². The van der Waals surface area contributed by atoms with Gasteiger partial charge in [-0.1, -0.05) is 12.1 Å². The third-order valence-electron chi connectivity index (χ3n) is 5.24. The number of hydrogen-bond donors (Lipinski definition) is 1. The Morgan fingerprint density at radius 1 is 1.35 bits per heavy atom. The van der Waals surface area contributed by atoms with Crippen molar-refractivity contribution >= 4 is 5.91 Å². The van der Waals surface area contributed by atoms with Crippen molar-refractivity contribution in [1.29, 1.82) is 0 Å². The van der Waals surface area contributed by atoms with Gasteiger partial charge in [0.2, 0.25) is 5.91 Å². The Labute approximate surface area is 118 Å². The zero-order valence-electron chi connectivity index (χ0n) is 11.5. The molecule has 1 saturated carbocycles. The molecule has 1 aliphatic carbocycles. The maximum Gasteiger partial charge on any atom is 0.240 e. The molecule has 2 fully saturated rings. The van der Waals surface area contributed by atoms with E-state index in [4.69, 9.17) is 0 Å². The monoisotopic (exact) mass is 274 g/mol. The number of hydrogen-bond acceptors (Lipinski definition) is 2. The molecule has 1 saturated heterocycles. The Hall–Kier alpha value is -1.42. The van der Waals surface area contributed by atoms with Gasteiger partial charge in [-0.3, -0.25) is 4.79 Å². The van der Waals surface area contributed by atoms with Crippen LogP contribution in [0.15, 0.2) is 18.2 Å². The molecule has 4 heteroatoms. The van der Waals surface area contributed by atoms with E-state index in [1.807, 2.05) is 11.0 Å². The molecular formula is C16H19FN2O. The highest BCUT2D eigenvalue weighted by atomic mass is 19.1. The van der Waals surface area contributed by atoms with Gasteiger partial charge in [0.1, 0.15) is 5.82 Å². The van der Waals surface area contributed by atoms with Gasteiger partial charge in [-0.15, -0.1) is 0 Å². The van der Waals surface area contributed by atoms with Gasteiger partial charge in [0, 0.05) is 13.1 Å². The average molecular weight is 274 g/mol. The number of carbonyl (C=O) groups is 1. The van der Waals surface area contributed by atoms with Gasteiger partial charge in [-0.25, -0.2) is 4.39 Å². The molecule has 1 aromatic carbocycles. The van der Waals surface area contributed by atoms with Crippen molar-refractivity contribution in [2.75, 3.05) is 13.1 Å². The largest absolute Gasteiger partial charge is 0.337 e. The lowest BCUT2D eigenvalue weighted by Gasteiger charge is -2.32. The van der Waals surface area contributed by atoms with Gasteiger partial charge in [-0.2, -0.15) is 0 Å². The van der Waals surface area contributed by atoms with Crippen LogP contribution in [0.5, 0.6) is 0 Å². The third-order valence-corrected chi connectivity index (χ3v) is 5.24. The Morgan fingerprint density at radius 3 is 3.00 bits per heavy atom. The average Bonchev–Trinajstić information content (AvgIpc) is 3.10. The summed E-state index contributed by atoms with van der Waals surface area (Å²) in [6, 6.07) is 5.18. The summed E-state index contributed by atoms with van der Waals surface area (Å²) in [7, 11) is 0. The molecule has 2 heterocycles. The summed E-state index contributed by atoms with van der Waals surface area (Å²) in [6.45, 7) is 2.15. The minimum atomic E-state index is -0.132. The molecule has 20 heavy (non-hydrogen) atoms. The van der Waals surface area contributed by atoms with Crippen LogP contribution in [0, 0.1) is 11.2 Å². The highest BCUT2D eigenvalue weighted by Crippen LogP contribution is 2.54. The molecule has 1 atom stereocenters. The van der Waals surface area contributed by atoms with Crippen molar-refractivity contribution in [3.8, 4) is 0 Å². The van der Waals surface area contributed by atoms with Crippen LogP contribution in [0.4, 0.5) is 4.39 Å². The molecule has 2 aliphatic heterocycles. The second kappa shape index (κ2) is 4.29. The Morgan fingerprint density at radius 2 is 2.20 bits per heavy atom. The van der Waals surface area contributed by atoms with E-state index in [1.165, 1.54) is 18.9 Å². The van der Waals surface area contributed by atoms with E-state index >= 15 is 0 Å². The van der Waals surface area contributed by atoms with Crippen LogP contribution < -0.4 is 5.32 Å². The van der Waals surface area contributed by atoms with Crippen LogP contribution in [0.2, 0.25) is 0 Å². The molecule has 1 amide bonds. The van der Waals surface area contributed by atoms with Gasteiger partial charge >= 0.3 is 0 Å². The summed E-state index contributed by atoms with van der Waals surface area (Å²) in [6.07, 6.45) is 4.11. The highest BCUT2D eigenvalue weighted by molar-refractivity contribution is 5.84. The van der Waals surface area contributed by atoms with E-state index in [0.29, 0.717) is 19.5 Å². The van der Waals surface area contributed by atoms with Crippen LogP contribution in [0.25, 0.3) is 0 Å². The summed E-state index contributed by atoms with van der Waals surface area (Å²) in [4.78, 5) is 14.6. The quantitative estimate of drug-likeness (QED) is 0.847. The lowest BCUT2D eigenvalue weighted by atomic mass is 9.94. The van der Waals surface area contributed by atoms with Crippen LogP contribution >= 0.6 is 0 Å². The first-order valence-electron chi connectivity index (χ1n) is 7.48. The number of halogens is 1. The zero-order chi connectivity index (χ0) is 13.7. The highest BCUT2D eigenvalue weighted by Gasteiger charge is 2.55. The van der Waals surface area contributed by atoms with Crippen molar-refractivity contribution in [3.05, 3.63) is 35.1 Å². The van der Waals surface area contributed by atoms with Crippen molar-refractivity contribution in [3.63, 3.8) is 0 Å². The molecule has 1 spiro atoms. The fourth-order valence-electron chi connectivity index (χ4n) is 3.81. The SMILES string of the molecule is O=C(C1NCCC12CC2)N1CCc2c(F)cccc2C1. The van der Waals surface area contributed by atoms with E-state index < -0.39 is 0 Å². The number of carbonyl (C=O) groups excluding carboxylic acids is 1. The molecule has 1 N–H and O–H groups in total.